The van der Waals surface area contributed by atoms with Crippen LogP contribution in [-0.4, -0.2) is 17.3 Å². The number of phenolic OH excluding ortho intramolecular Hbond substituents is 1. The molecule has 0 atom stereocenters. The number of aromatic hydroxyl groups is 1. The van der Waals surface area contributed by atoms with Gasteiger partial charge in [-0.3, -0.25) is 0 Å². The van der Waals surface area contributed by atoms with Crippen LogP contribution in [0.25, 0.3) is 0 Å². The molecule has 0 unspecified atom stereocenters. The van der Waals surface area contributed by atoms with Crippen LogP contribution >= 0.6 is 0 Å². The van der Waals surface area contributed by atoms with Crippen LogP contribution in [0.5, 0.6) is 5.75 Å². The Morgan fingerprint density at radius 1 is 1.09 bits per heavy atom. The van der Waals surface area contributed by atoms with Crippen molar-refractivity contribution in [1.29, 1.82) is 0 Å². The molecular weight excluding hydrogens is 312 g/mol. The Morgan fingerprint density at radius 3 is 1.82 bits per heavy atom. The summed E-state index contributed by atoms with van der Waals surface area (Å²) in [7, 11) is 1.00. The van der Waals surface area contributed by atoms with Crippen LogP contribution in [0.4, 0.5) is 0 Å². The minimum Gasteiger partial charge on any atom is -0.508 e. The first-order chi connectivity index (χ1) is 4.80. The number of phenols is 1. The molecule has 3 heteroatoms. The van der Waals surface area contributed by atoms with Crippen LogP contribution in [0.3, 0.4) is 0 Å². The van der Waals surface area contributed by atoms with E-state index in [1.54, 1.807) is 6.07 Å². The number of hydrogen-bond acceptors (Lipinski definition) is 2. The van der Waals surface area contributed by atoms with Crippen LogP contribution < -0.4 is 0 Å². The van der Waals surface area contributed by atoms with Gasteiger partial charge in [-0.25, -0.2) is 0 Å². The standard InChI is InChI=1S/C7H8O.CH4O.W/c1-6-4-2-3-5-7(6)8;1-2;/h2-5,8H,1H3;2H,1H3;. The van der Waals surface area contributed by atoms with E-state index in [9.17, 15) is 0 Å². The summed E-state index contributed by atoms with van der Waals surface area (Å²) in [4.78, 5) is 0. The monoisotopic (exact) mass is 324 g/mol. The Labute approximate surface area is 81.1 Å². The number of aliphatic hydroxyl groups is 1. The van der Waals surface area contributed by atoms with Gasteiger partial charge in [-0.2, -0.15) is 0 Å². The molecule has 0 saturated carbocycles. The first-order valence-electron chi connectivity index (χ1n) is 3.00. The number of rotatable bonds is 0. The molecule has 0 amide bonds. The van der Waals surface area contributed by atoms with E-state index in [0.29, 0.717) is 5.75 Å². The van der Waals surface area contributed by atoms with Gasteiger partial charge in [0, 0.05) is 28.2 Å². The van der Waals surface area contributed by atoms with Crippen molar-refractivity contribution in [2.24, 2.45) is 0 Å². The summed E-state index contributed by atoms with van der Waals surface area (Å²) in [5.41, 5.74) is 0.924. The molecule has 0 radical (unpaired) electrons. The molecule has 0 aliphatic rings. The molecule has 0 saturated heterocycles. The van der Waals surface area contributed by atoms with Crippen LogP contribution in [0.2, 0.25) is 0 Å². The summed E-state index contributed by atoms with van der Waals surface area (Å²) < 4.78 is 0. The van der Waals surface area contributed by atoms with Gasteiger partial charge in [0.1, 0.15) is 5.75 Å². The van der Waals surface area contributed by atoms with Crippen LogP contribution in [0.1, 0.15) is 5.56 Å². The van der Waals surface area contributed by atoms with Crippen molar-refractivity contribution in [3.8, 4) is 5.75 Å². The molecule has 0 bridgehead atoms. The summed E-state index contributed by atoms with van der Waals surface area (Å²) in [5.74, 6) is 0.368. The van der Waals surface area contributed by atoms with Gasteiger partial charge in [-0.15, -0.1) is 0 Å². The van der Waals surface area contributed by atoms with Gasteiger partial charge in [0.05, 0.1) is 0 Å². The average Bonchev–Trinajstić information content (AvgIpc) is 2.00. The van der Waals surface area contributed by atoms with Crippen molar-refractivity contribution in [2.45, 2.75) is 6.92 Å². The summed E-state index contributed by atoms with van der Waals surface area (Å²) in [5, 5.41) is 15.9. The SMILES string of the molecule is CO.Cc1ccccc1O.[W]. The largest absolute Gasteiger partial charge is 0.508 e. The van der Waals surface area contributed by atoms with Gasteiger partial charge < -0.3 is 10.2 Å². The van der Waals surface area contributed by atoms with Crippen molar-refractivity contribution in [1.82, 2.24) is 0 Å². The van der Waals surface area contributed by atoms with E-state index < -0.39 is 0 Å². The third-order valence-electron chi connectivity index (χ3n) is 1.12. The maximum Gasteiger partial charge on any atom is 0.118 e. The van der Waals surface area contributed by atoms with Gasteiger partial charge in [0.2, 0.25) is 0 Å². The molecule has 1 aromatic carbocycles. The minimum atomic E-state index is 0. The van der Waals surface area contributed by atoms with E-state index in [-0.39, 0.29) is 21.1 Å². The van der Waals surface area contributed by atoms with Crippen LogP contribution in [0.15, 0.2) is 24.3 Å². The molecule has 11 heavy (non-hydrogen) atoms. The zero-order valence-corrected chi connectivity index (χ0v) is 9.55. The second-order valence-electron chi connectivity index (χ2n) is 1.79. The van der Waals surface area contributed by atoms with Gasteiger partial charge in [-0.1, -0.05) is 18.2 Å². The Morgan fingerprint density at radius 2 is 1.55 bits per heavy atom. The number of hydrogen-bond donors (Lipinski definition) is 2. The normalized spacial score (nSPS) is 7.18. The zero-order chi connectivity index (χ0) is 7.98. The van der Waals surface area contributed by atoms with E-state index in [0.717, 1.165) is 12.7 Å². The van der Waals surface area contributed by atoms with Crippen molar-refractivity contribution in [2.75, 3.05) is 7.11 Å². The second-order valence-corrected chi connectivity index (χ2v) is 1.79. The van der Waals surface area contributed by atoms with E-state index in [4.69, 9.17) is 10.2 Å². The number of benzene rings is 1. The molecule has 0 heterocycles. The summed E-state index contributed by atoms with van der Waals surface area (Å²) in [6.45, 7) is 1.87. The van der Waals surface area contributed by atoms with E-state index in [1.807, 2.05) is 25.1 Å². The maximum absolute atomic E-state index is 8.92. The summed E-state index contributed by atoms with van der Waals surface area (Å²) in [6.07, 6.45) is 0. The molecule has 0 aliphatic carbocycles. The van der Waals surface area contributed by atoms with Crippen LogP contribution in [0, 0.1) is 6.92 Å². The zero-order valence-electron chi connectivity index (χ0n) is 6.61. The van der Waals surface area contributed by atoms with Gasteiger partial charge in [-0.05, 0) is 18.6 Å². The first-order valence-corrected chi connectivity index (χ1v) is 3.00. The Hall–Kier alpha value is -0.332. The minimum absolute atomic E-state index is 0. The topological polar surface area (TPSA) is 40.5 Å². The molecule has 2 nitrogen and oxygen atoms in total. The molecule has 0 fully saturated rings. The van der Waals surface area contributed by atoms with E-state index in [1.165, 1.54) is 0 Å². The third-order valence-corrected chi connectivity index (χ3v) is 1.12. The molecule has 0 aromatic heterocycles. The molecule has 62 valence electrons. The van der Waals surface area contributed by atoms with E-state index in [2.05, 4.69) is 0 Å². The molecule has 0 spiro atoms. The van der Waals surface area contributed by atoms with Gasteiger partial charge in [0.15, 0.2) is 0 Å². The predicted octanol–water partition coefficient (Wildman–Crippen LogP) is 1.31. The third kappa shape index (κ3) is 5.00. The first kappa shape index (κ1) is 13.3. The summed E-state index contributed by atoms with van der Waals surface area (Å²) >= 11 is 0. The number of para-hydroxylation sites is 1. The predicted molar refractivity (Wildman–Crippen MR) is 41.0 cm³/mol. The Balaban J connectivity index is 0. The quantitative estimate of drug-likeness (QED) is 0.755. The van der Waals surface area contributed by atoms with E-state index >= 15 is 0 Å². The molecule has 1 aromatic rings. The number of aryl methyl sites for hydroxylation is 1. The molecular formula is C8H12O2W. The van der Waals surface area contributed by atoms with Crippen molar-refractivity contribution in [3.63, 3.8) is 0 Å². The maximum atomic E-state index is 8.92. The Bertz CT molecular complexity index is 168. The summed E-state index contributed by atoms with van der Waals surface area (Å²) in [6, 6.07) is 7.25. The van der Waals surface area contributed by atoms with Crippen LogP contribution in [-0.2, 0) is 21.1 Å². The average molecular weight is 324 g/mol. The van der Waals surface area contributed by atoms with Crippen molar-refractivity contribution in [3.05, 3.63) is 29.8 Å². The van der Waals surface area contributed by atoms with Crippen molar-refractivity contribution < 1.29 is 31.3 Å². The van der Waals surface area contributed by atoms with Gasteiger partial charge >= 0.3 is 0 Å². The van der Waals surface area contributed by atoms with Gasteiger partial charge in [0.25, 0.3) is 0 Å². The fraction of sp³-hybridized carbons (Fsp3) is 0.250. The van der Waals surface area contributed by atoms with Crippen molar-refractivity contribution >= 4 is 0 Å². The molecule has 1 rings (SSSR count). The number of aliphatic hydroxyl groups excluding tert-OH is 1. The fourth-order valence-electron chi connectivity index (χ4n) is 0.563. The fourth-order valence-corrected chi connectivity index (χ4v) is 0.563. The molecule has 0 aliphatic heterocycles. The Kier molecular flexibility index (Phi) is 9.38. The molecule has 2 N–H and O–H groups in total. The smallest absolute Gasteiger partial charge is 0.118 e. The second kappa shape index (κ2) is 7.77.